The Hall–Kier alpha value is -1.92. The number of hydrogen-bond donors (Lipinski definition) is 1. The average molecular weight is 383 g/mol. The summed E-state index contributed by atoms with van der Waals surface area (Å²) in [7, 11) is 0. The van der Waals surface area contributed by atoms with Crippen LogP contribution in [0.3, 0.4) is 0 Å². The van der Waals surface area contributed by atoms with Crippen LogP contribution in [0.15, 0.2) is 17.1 Å². The molecular formula is C20H28F3N3O. The first-order chi connectivity index (χ1) is 12.8. The van der Waals surface area contributed by atoms with Crippen LogP contribution in [0.25, 0.3) is 0 Å². The first-order valence-electron chi connectivity index (χ1n) is 9.62. The van der Waals surface area contributed by atoms with E-state index in [9.17, 15) is 18.0 Å². The SMILES string of the molecule is CCC[C@H](CCC(C)C)N=C(NC=O)c1ccc(C(F)(F)F)nc1C1CC1. The molecule has 1 amide bonds. The van der Waals surface area contributed by atoms with Crippen molar-refractivity contribution >= 4 is 12.2 Å². The van der Waals surface area contributed by atoms with Gasteiger partial charge in [-0.1, -0.05) is 27.2 Å². The van der Waals surface area contributed by atoms with Gasteiger partial charge in [-0.3, -0.25) is 9.79 Å². The highest BCUT2D eigenvalue weighted by Gasteiger charge is 2.36. The number of halogens is 3. The van der Waals surface area contributed by atoms with Gasteiger partial charge in [0.2, 0.25) is 6.41 Å². The highest BCUT2D eigenvalue weighted by Crippen LogP contribution is 2.42. The molecule has 1 fully saturated rings. The summed E-state index contributed by atoms with van der Waals surface area (Å²) in [6, 6.07) is 2.38. The molecule has 0 radical (unpaired) electrons. The van der Waals surface area contributed by atoms with Gasteiger partial charge in [-0.05, 0) is 50.2 Å². The van der Waals surface area contributed by atoms with Gasteiger partial charge in [0.1, 0.15) is 11.5 Å². The van der Waals surface area contributed by atoms with E-state index in [1.807, 2.05) is 0 Å². The lowest BCUT2D eigenvalue weighted by Crippen LogP contribution is -2.27. The maximum absolute atomic E-state index is 13.1. The fourth-order valence-electron chi connectivity index (χ4n) is 3.06. The zero-order chi connectivity index (χ0) is 20.0. The van der Waals surface area contributed by atoms with Crippen molar-refractivity contribution < 1.29 is 18.0 Å². The fourth-order valence-corrected chi connectivity index (χ4v) is 3.06. The second kappa shape index (κ2) is 9.33. The molecule has 0 bridgehead atoms. The third-order valence-corrected chi connectivity index (χ3v) is 4.64. The highest BCUT2D eigenvalue weighted by atomic mass is 19.4. The number of aromatic nitrogens is 1. The number of alkyl halides is 3. The molecule has 1 atom stereocenters. The summed E-state index contributed by atoms with van der Waals surface area (Å²) in [5.74, 6) is 0.869. The number of aliphatic imine (C=N–C) groups is 1. The van der Waals surface area contributed by atoms with Crippen molar-refractivity contribution in [2.24, 2.45) is 10.9 Å². The highest BCUT2D eigenvalue weighted by molar-refractivity contribution is 6.04. The van der Waals surface area contributed by atoms with E-state index in [1.54, 1.807) is 0 Å². The number of amidine groups is 1. The Morgan fingerprint density at radius 2 is 2.00 bits per heavy atom. The number of hydrogen-bond acceptors (Lipinski definition) is 3. The Bertz CT molecular complexity index is 667. The lowest BCUT2D eigenvalue weighted by atomic mass is 10.0. The Morgan fingerprint density at radius 1 is 1.30 bits per heavy atom. The van der Waals surface area contributed by atoms with Crippen LogP contribution in [0.1, 0.15) is 82.2 Å². The van der Waals surface area contributed by atoms with E-state index in [0.29, 0.717) is 29.4 Å². The predicted octanol–water partition coefficient (Wildman–Crippen LogP) is 5.08. The molecule has 7 heteroatoms. The molecule has 1 N–H and O–H groups in total. The minimum atomic E-state index is -4.49. The molecule has 150 valence electrons. The summed E-state index contributed by atoms with van der Waals surface area (Å²) in [5, 5.41) is 2.60. The van der Waals surface area contributed by atoms with Crippen LogP contribution in [-0.4, -0.2) is 23.3 Å². The third kappa shape index (κ3) is 6.33. The number of rotatable bonds is 9. The lowest BCUT2D eigenvalue weighted by Gasteiger charge is -2.18. The van der Waals surface area contributed by atoms with E-state index in [0.717, 1.165) is 44.6 Å². The second-order valence-corrected chi connectivity index (χ2v) is 7.55. The molecule has 0 spiro atoms. The fraction of sp³-hybridized carbons (Fsp3) is 0.650. The van der Waals surface area contributed by atoms with Gasteiger partial charge in [-0.25, -0.2) is 4.98 Å². The number of carbonyl (C=O) groups is 1. The lowest BCUT2D eigenvalue weighted by molar-refractivity contribution is -0.141. The maximum atomic E-state index is 13.1. The van der Waals surface area contributed by atoms with Crippen molar-refractivity contribution in [1.82, 2.24) is 10.3 Å². The topological polar surface area (TPSA) is 54.4 Å². The van der Waals surface area contributed by atoms with Gasteiger partial charge in [0.05, 0.1) is 11.7 Å². The van der Waals surface area contributed by atoms with Crippen LogP contribution in [0.5, 0.6) is 0 Å². The largest absolute Gasteiger partial charge is 0.433 e. The molecule has 0 unspecified atom stereocenters. The van der Waals surface area contributed by atoms with Gasteiger partial charge >= 0.3 is 6.18 Å². The summed E-state index contributed by atoms with van der Waals surface area (Å²) >= 11 is 0. The molecule has 0 saturated heterocycles. The molecule has 0 aliphatic heterocycles. The third-order valence-electron chi connectivity index (χ3n) is 4.64. The monoisotopic (exact) mass is 383 g/mol. The summed E-state index contributed by atoms with van der Waals surface area (Å²) in [4.78, 5) is 19.7. The Morgan fingerprint density at radius 3 is 2.52 bits per heavy atom. The Balaban J connectivity index is 2.40. The minimum Gasteiger partial charge on any atom is -0.313 e. The van der Waals surface area contributed by atoms with Gasteiger partial charge in [-0.15, -0.1) is 0 Å². The van der Waals surface area contributed by atoms with Crippen molar-refractivity contribution in [2.45, 2.75) is 77.4 Å². The van der Waals surface area contributed by atoms with E-state index in [-0.39, 0.29) is 12.0 Å². The van der Waals surface area contributed by atoms with Crippen molar-refractivity contribution in [1.29, 1.82) is 0 Å². The van der Waals surface area contributed by atoms with E-state index >= 15 is 0 Å². The molecule has 1 heterocycles. The summed E-state index contributed by atoms with van der Waals surface area (Å²) in [6.07, 6.45) is 1.34. The Labute approximate surface area is 158 Å². The molecule has 1 saturated carbocycles. The van der Waals surface area contributed by atoms with Crippen LogP contribution < -0.4 is 5.32 Å². The molecule has 0 aromatic carbocycles. The van der Waals surface area contributed by atoms with Crippen molar-refractivity contribution in [3.63, 3.8) is 0 Å². The van der Waals surface area contributed by atoms with Gasteiger partial charge in [0.15, 0.2) is 0 Å². The van der Waals surface area contributed by atoms with Gasteiger partial charge in [0, 0.05) is 11.5 Å². The van der Waals surface area contributed by atoms with E-state index in [4.69, 9.17) is 4.99 Å². The number of amides is 1. The molecule has 1 aromatic heterocycles. The first kappa shape index (κ1) is 21.4. The number of nitrogens with zero attached hydrogens (tertiary/aromatic N) is 2. The molecule has 2 rings (SSSR count). The zero-order valence-electron chi connectivity index (χ0n) is 16.1. The van der Waals surface area contributed by atoms with Gasteiger partial charge < -0.3 is 5.32 Å². The van der Waals surface area contributed by atoms with Crippen LogP contribution in [0.2, 0.25) is 0 Å². The standard InChI is InChI=1S/C20H28F3N3O/c1-4-5-15(9-6-13(2)3)25-19(24-12-27)16-10-11-17(20(21,22)23)26-18(16)14-7-8-14/h10-15H,4-9H2,1-3H3,(H,24,25,27)/t15-/m1/s1. The van der Waals surface area contributed by atoms with E-state index in [2.05, 4.69) is 31.1 Å². The quantitative estimate of drug-likeness (QED) is 0.367. The minimum absolute atomic E-state index is 0.00115. The molecule has 4 nitrogen and oxygen atoms in total. The summed E-state index contributed by atoms with van der Waals surface area (Å²) < 4.78 is 39.2. The number of pyridine rings is 1. The van der Waals surface area contributed by atoms with E-state index < -0.39 is 11.9 Å². The smallest absolute Gasteiger partial charge is 0.313 e. The molecule has 1 aliphatic carbocycles. The van der Waals surface area contributed by atoms with Crippen LogP contribution in [0.4, 0.5) is 13.2 Å². The molecule has 27 heavy (non-hydrogen) atoms. The van der Waals surface area contributed by atoms with Gasteiger partial charge in [0.25, 0.3) is 0 Å². The Kier molecular flexibility index (Phi) is 7.39. The van der Waals surface area contributed by atoms with Crippen LogP contribution in [-0.2, 0) is 11.0 Å². The normalized spacial score (nSPS) is 16.5. The second-order valence-electron chi connectivity index (χ2n) is 7.55. The average Bonchev–Trinajstić information content (AvgIpc) is 3.43. The predicted molar refractivity (Wildman–Crippen MR) is 99.7 cm³/mol. The zero-order valence-corrected chi connectivity index (χ0v) is 16.1. The maximum Gasteiger partial charge on any atom is 0.433 e. The van der Waals surface area contributed by atoms with Crippen LogP contribution in [0, 0.1) is 5.92 Å². The number of carbonyl (C=O) groups excluding carboxylic acids is 1. The van der Waals surface area contributed by atoms with Crippen molar-refractivity contribution in [3.8, 4) is 0 Å². The summed E-state index contributed by atoms with van der Waals surface area (Å²) in [6.45, 7) is 6.35. The van der Waals surface area contributed by atoms with Crippen molar-refractivity contribution in [2.75, 3.05) is 0 Å². The van der Waals surface area contributed by atoms with Crippen LogP contribution >= 0.6 is 0 Å². The molecule has 1 aromatic rings. The molecular weight excluding hydrogens is 355 g/mol. The summed E-state index contributed by atoms with van der Waals surface area (Å²) in [5.41, 5.74) is -0.0104. The molecule has 1 aliphatic rings. The number of nitrogens with one attached hydrogen (secondary N) is 1. The van der Waals surface area contributed by atoms with Gasteiger partial charge in [-0.2, -0.15) is 13.2 Å². The van der Waals surface area contributed by atoms with E-state index in [1.165, 1.54) is 6.07 Å². The van der Waals surface area contributed by atoms with Crippen molar-refractivity contribution in [3.05, 3.63) is 29.1 Å². The first-order valence-corrected chi connectivity index (χ1v) is 9.62.